The van der Waals surface area contributed by atoms with Crippen molar-refractivity contribution in [2.45, 2.75) is 0 Å². The normalized spacial score (nSPS) is 10.8. The van der Waals surface area contributed by atoms with Crippen molar-refractivity contribution in [2.75, 3.05) is 5.32 Å². The third-order valence-electron chi connectivity index (χ3n) is 3.86. The van der Waals surface area contributed by atoms with Crippen LogP contribution in [-0.4, -0.2) is 20.1 Å². The standard InChI is InChI=1S/C17H15N3O4/c1-19-13-9-14(21)12(8-11(13)16(23)20(2)17(19)24)15(22)18-10-6-4-3-5-7-10/h3-9,21H,1-2H3,(H,18,22). The molecule has 0 aliphatic carbocycles. The van der Waals surface area contributed by atoms with Crippen LogP contribution < -0.4 is 16.6 Å². The highest BCUT2D eigenvalue weighted by Gasteiger charge is 2.17. The van der Waals surface area contributed by atoms with Crippen molar-refractivity contribution in [3.05, 3.63) is 68.9 Å². The summed E-state index contributed by atoms with van der Waals surface area (Å²) in [6, 6.07) is 11.3. The molecular formula is C17H15N3O4. The lowest BCUT2D eigenvalue weighted by Gasteiger charge is -2.11. The monoisotopic (exact) mass is 325 g/mol. The topological polar surface area (TPSA) is 93.3 Å². The number of hydrogen-bond acceptors (Lipinski definition) is 4. The van der Waals surface area contributed by atoms with Crippen LogP contribution in [0, 0.1) is 0 Å². The van der Waals surface area contributed by atoms with E-state index in [1.807, 2.05) is 6.07 Å². The average molecular weight is 325 g/mol. The van der Waals surface area contributed by atoms with Gasteiger partial charge in [0.2, 0.25) is 0 Å². The zero-order chi connectivity index (χ0) is 17.4. The first-order valence-corrected chi connectivity index (χ1v) is 7.19. The Labute approximate surface area is 136 Å². The highest BCUT2D eigenvalue weighted by atomic mass is 16.3. The first-order chi connectivity index (χ1) is 11.4. The minimum absolute atomic E-state index is 0.0397. The van der Waals surface area contributed by atoms with Crippen LogP contribution in [0.25, 0.3) is 10.9 Å². The van der Waals surface area contributed by atoms with Gasteiger partial charge in [-0.1, -0.05) is 18.2 Å². The van der Waals surface area contributed by atoms with E-state index in [0.29, 0.717) is 5.69 Å². The number of rotatable bonds is 2. The molecule has 2 N–H and O–H groups in total. The van der Waals surface area contributed by atoms with Gasteiger partial charge in [-0.05, 0) is 18.2 Å². The van der Waals surface area contributed by atoms with Crippen molar-refractivity contribution in [3.8, 4) is 5.75 Å². The van der Waals surface area contributed by atoms with Crippen LogP contribution in [0.4, 0.5) is 5.69 Å². The first-order valence-electron chi connectivity index (χ1n) is 7.19. The molecule has 0 spiro atoms. The number of amides is 1. The van der Waals surface area contributed by atoms with Gasteiger partial charge in [-0.15, -0.1) is 0 Å². The molecular weight excluding hydrogens is 310 g/mol. The van der Waals surface area contributed by atoms with Gasteiger partial charge in [0.25, 0.3) is 11.5 Å². The smallest absolute Gasteiger partial charge is 0.330 e. The Morgan fingerprint density at radius 1 is 1.04 bits per heavy atom. The number of carbonyl (C=O) groups is 1. The van der Waals surface area contributed by atoms with Gasteiger partial charge in [0.05, 0.1) is 16.5 Å². The van der Waals surface area contributed by atoms with Crippen LogP contribution >= 0.6 is 0 Å². The molecule has 7 nitrogen and oxygen atoms in total. The highest BCUT2D eigenvalue weighted by Crippen LogP contribution is 2.23. The fourth-order valence-electron chi connectivity index (χ4n) is 2.52. The number of carbonyl (C=O) groups excluding carboxylic acids is 1. The summed E-state index contributed by atoms with van der Waals surface area (Å²) in [7, 11) is 2.86. The van der Waals surface area contributed by atoms with E-state index in [2.05, 4.69) is 5.32 Å². The molecule has 0 fully saturated rings. The third-order valence-corrected chi connectivity index (χ3v) is 3.86. The lowest BCUT2D eigenvalue weighted by Crippen LogP contribution is -2.37. The van der Waals surface area contributed by atoms with Crippen molar-refractivity contribution in [1.29, 1.82) is 0 Å². The number of benzene rings is 2. The Morgan fingerprint density at radius 3 is 2.38 bits per heavy atom. The SMILES string of the molecule is Cn1c(=O)c2cc(C(=O)Nc3ccccc3)c(O)cc2n(C)c1=O. The quantitative estimate of drug-likeness (QED) is 0.740. The number of hydrogen-bond donors (Lipinski definition) is 2. The molecule has 1 heterocycles. The molecule has 0 aliphatic rings. The Bertz CT molecular complexity index is 1070. The summed E-state index contributed by atoms with van der Waals surface area (Å²) in [5, 5.41) is 13.0. The van der Waals surface area contributed by atoms with E-state index in [1.165, 1.54) is 30.8 Å². The Kier molecular flexibility index (Phi) is 3.69. The van der Waals surface area contributed by atoms with Gasteiger partial charge in [-0.3, -0.25) is 18.7 Å². The Hall–Kier alpha value is -3.35. The number of aromatic nitrogens is 2. The molecule has 0 atom stereocenters. The lowest BCUT2D eigenvalue weighted by atomic mass is 10.1. The third kappa shape index (κ3) is 2.45. The summed E-state index contributed by atoms with van der Waals surface area (Å²) in [6.07, 6.45) is 0. The average Bonchev–Trinajstić information content (AvgIpc) is 2.58. The summed E-state index contributed by atoms with van der Waals surface area (Å²) in [6.45, 7) is 0. The van der Waals surface area contributed by atoms with Crippen LogP contribution in [0.2, 0.25) is 0 Å². The molecule has 3 aromatic rings. The fourth-order valence-corrected chi connectivity index (χ4v) is 2.52. The van der Waals surface area contributed by atoms with E-state index in [9.17, 15) is 19.5 Å². The second-order valence-corrected chi connectivity index (χ2v) is 5.41. The van der Waals surface area contributed by atoms with E-state index in [-0.39, 0.29) is 22.2 Å². The number of aryl methyl sites for hydroxylation is 1. The number of anilines is 1. The number of phenolic OH excluding ortho intramolecular Hbond substituents is 1. The van der Waals surface area contributed by atoms with E-state index in [0.717, 1.165) is 4.57 Å². The number of aromatic hydroxyl groups is 1. The van der Waals surface area contributed by atoms with Crippen LogP contribution in [0.15, 0.2) is 52.1 Å². The van der Waals surface area contributed by atoms with Crippen molar-refractivity contribution in [3.63, 3.8) is 0 Å². The number of phenols is 1. The molecule has 0 bridgehead atoms. The highest BCUT2D eigenvalue weighted by molar-refractivity contribution is 6.08. The molecule has 7 heteroatoms. The molecule has 0 saturated heterocycles. The van der Waals surface area contributed by atoms with Gasteiger partial charge >= 0.3 is 5.69 Å². The molecule has 3 rings (SSSR count). The van der Waals surface area contributed by atoms with Gasteiger partial charge in [-0.2, -0.15) is 0 Å². The van der Waals surface area contributed by atoms with Gasteiger partial charge < -0.3 is 10.4 Å². The minimum atomic E-state index is -0.545. The zero-order valence-corrected chi connectivity index (χ0v) is 13.1. The molecule has 0 aliphatic heterocycles. The summed E-state index contributed by atoms with van der Waals surface area (Å²) in [5.41, 5.74) is -0.246. The largest absolute Gasteiger partial charge is 0.507 e. The van der Waals surface area contributed by atoms with Crippen molar-refractivity contribution in [2.24, 2.45) is 14.1 Å². The first kappa shape index (κ1) is 15.5. The maximum absolute atomic E-state index is 12.4. The van der Waals surface area contributed by atoms with Gasteiger partial charge in [0.1, 0.15) is 5.75 Å². The summed E-state index contributed by atoms with van der Waals surface area (Å²) in [4.78, 5) is 36.6. The fraction of sp³-hybridized carbons (Fsp3) is 0.118. The minimum Gasteiger partial charge on any atom is -0.507 e. The molecule has 0 radical (unpaired) electrons. The summed E-state index contributed by atoms with van der Waals surface area (Å²) in [5.74, 6) is -0.851. The Morgan fingerprint density at radius 2 is 1.71 bits per heavy atom. The van der Waals surface area contributed by atoms with Crippen LogP contribution in [0.1, 0.15) is 10.4 Å². The molecule has 0 saturated carbocycles. The predicted octanol–water partition coefficient (Wildman–Crippen LogP) is 1.20. The van der Waals surface area contributed by atoms with Crippen LogP contribution in [0.3, 0.4) is 0 Å². The van der Waals surface area contributed by atoms with E-state index >= 15 is 0 Å². The molecule has 122 valence electrons. The number of para-hydroxylation sites is 1. The summed E-state index contributed by atoms with van der Waals surface area (Å²) >= 11 is 0. The van der Waals surface area contributed by atoms with E-state index < -0.39 is 17.2 Å². The second kappa shape index (κ2) is 5.69. The van der Waals surface area contributed by atoms with Crippen molar-refractivity contribution >= 4 is 22.5 Å². The van der Waals surface area contributed by atoms with Crippen molar-refractivity contribution in [1.82, 2.24) is 9.13 Å². The molecule has 0 unspecified atom stereocenters. The summed E-state index contributed by atoms with van der Waals surface area (Å²) < 4.78 is 2.20. The zero-order valence-electron chi connectivity index (χ0n) is 13.1. The van der Waals surface area contributed by atoms with Crippen molar-refractivity contribution < 1.29 is 9.90 Å². The predicted molar refractivity (Wildman–Crippen MR) is 90.5 cm³/mol. The number of nitrogens with one attached hydrogen (secondary N) is 1. The number of fused-ring (bicyclic) bond motifs is 1. The second-order valence-electron chi connectivity index (χ2n) is 5.41. The van der Waals surface area contributed by atoms with Gasteiger partial charge in [0, 0.05) is 25.8 Å². The van der Waals surface area contributed by atoms with Crippen LogP contribution in [0.5, 0.6) is 5.75 Å². The molecule has 1 aromatic heterocycles. The molecule has 1 amide bonds. The molecule has 24 heavy (non-hydrogen) atoms. The van der Waals surface area contributed by atoms with Gasteiger partial charge in [0.15, 0.2) is 0 Å². The lowest BCUT2D eigenvalue weighted by molar-refractivity contribution is 0.102. The molecule has 2 aromatic carbocycles. The maximum Gasteiger partial charge on any atom is 0.330 e. The van der Waals surface area contributed by atoms with Gasteiger partial charge in [-0.25, -0.2) is 4.79 Å². The van der Waals surface area contributed by atoms with Crippen LogP contribution in [-0.2, 0) is 14.1 Å². The van der Waals surface area contributed by atoms with E-state index in [1.54, 1.807) is 24.3 Å². The van der Waals surface area contributed by atoms with E-state index in [4.69, 9.17) is 0 Å². The Balaban J connectivity index is 2.16. The maximum atomic E-state index is 12.4. The number of nitrogens with zero attached hydrogens (tertiary/aromatic N) is 2.